The first-order valence-corrected chi connectivity index (χ1v) is 8.10. The predicted octanol–water partition coefficient (Wildman–Crippen LogP) is 3.00. The van der Waals surface area contributed by atoms with Crippen molar-refractivity contribution in [1.82, 2.24) is 9.88 Å². The molecule has 1 fully saturated rings. The lowest BCUT2D eigenvalue weighted by atomic mass is 10.2. The van der Waals surface area contributed by atoms with Crippen LogP contribution in [-0.2, 0) is 9.59 Å². The van der Waals surface area contributed by atoms with Crippen molar-refractivity contribution in [3.8, 4) is 0 Å². The van der Waals surface area contributed by atoms with Crippen LogP contribution in [0.1, 0.15) is 11.3 Å². The number of hydrogen-bond acceptors (Lipinski definition) is 4. The normalized spacial score (nSPS) is 16.0. The minimum absolute atomic E-state index is 0.297. The van der Waals surface area contributed by atoms with E-state index in [1.165, 1.54) is 0 Å². The number of anilines is 1. The van der Waals surface area contributed by atoms with Crippen LogP contribution in [0.15, 0.2) is 47.5 Å². The van der Waals surface area contributed by atoms with Gasteiger partial charge in [-0.05, 0) is 54.6 Å². The Hall–Kier alpha value is -2.80. The van der Waals surface area contributed by atoms with Crippen molar-refractivity contribution >= 4 is 40.6 Å². The molecule has 1 aliphatic heterocycles. The Balaban J connectivity index is 1.67. The minimum atomic E-state index is -0.459. The molecule has 3 rings (SSSR count). The van der Waals surface area contributed by atoms with E-state index in [-0.39, 0.29) is 6.54 Å². The monoisotopic (exact) mass is 341 g/mol. The topological polar surface area (TPSA) is 82.3 Å². The summed E-state index contributed by atoms with van der Waals surface area (Å²) in [5.74, 6) is -0.872. The van der Waals surface area contributed by atoms with Crippen molar-refractivity contribution in [2.45, 2.75) is 6.92 Å². The Bertz CT molecular complexity index is 827. The molecule has 24 heavy (non-hydrogen) atoms. The van der Waals surface area contributed by atoms with Crippen LogP contribution in [0.4, 0.5) is 10.5 Å². The van der Waals surface area contributed by atoms with Crippen LogP contribution in [0.2, 0.25) is 0 Å². The van der Waals surface area contributed by atoms with Gasteiger partial charge in [0.15, 0.2) is 0 Å². The number of carbonyl (C=O) groups is 3. The summed E-state index contributed by atoms with van der Waals surface area (Å²) in [6.45, 7) is 1.61. The number of thioether (sulfide) groups is 1. The van der Waals surface area contributed by atoms with E-state index in [1.54, 1.807) is 30.5 Å². The number of nitrogens with zero attached hydrogens (tertiary/aromatic N) is 1. The summed E-state index contributed by atoms with van der Waals surface area (Å²) in [6, 6.07) is 10.9. The van der Waals surface area contributed by atoms with Crippen molar-refractivity contribution in [2.24, 2.45) is 0 Å². The highest BCUT2D eigenvalue weighted by atomic mass is 32.2. The van der Waals surface area contributed by atoms with Crippen LogP contribution < -0.4 is 5.32 Å². The average molecular weight is 341 g/mol. The Morgan fingerprint density at radius 1 is 1.29 bits per heavy atom. The van der Waals surface area contributed by atoms with Crippen LogP contribution in [-0.4, -0.2) is 33.5 Å². The predicted molar refractivity (Wildman–Crippen MR) is 93.3 cm³/mol. The Morgan fingerprint density at radius 2 is 2.12 bits per heavy atom. The second kappa shape index (κ2) is 6.76. The number of hydrogen-bond donors (Lipinski definition) is 2. The molecule has 7 heteroatoms. The second-order valence-electron chi connectivity index (χ2n) is 5.31. The van der Waals surface area contributed by atoms with Crippen molar-refractivity contribution < 1.29 is 14.4 Å². The maximum atomic E-state index is 12.3. The fraction of sp³-hybridized carbons (Fsp3) is 0.118. The molecule has 0 spiro atoms. The van der Waals surface area contributed by atoms with Crippen LogP contribution >= 0.6 is 11.8 Å². The number of aromatic nitrogens is 1. The number of aryl methyl sites for hydroxylation is 1. The van der Waals surface area contributed by atoms with Gasteiger partial charge >= 0.3 is 0 Å². The number of rotatable bonds is 4. The van der Waals surface area contributed by atoms with Crippen molar-refractivity contribution in [2.75, 3.05) is 11.9 Å². The van der Waals surface area contributed by atoms with E-state index >= 15 is 0 Å². The number of aromatic amines is 1. The number of amides is 3. The highest BCUT2D eigenvalue weighted by Crippen LogP contribution is 2.31. The molecule has 0 bridgehead atoms. The SMILES string of the molecule is Cc1cccc(NC(=O)CN2C(=O)S/C(=C/c3ccc[nH]3)C2=O)c1. The van der Waals surface area contributed by atoms with E-state index in [4.69, 9.17) is 0 Å². The Labute approximate surface area is 142 Å². The summed E-state index contributed by atoms with van der Waals surface area (Å²) in [4.78, 5) is 40.6. The molecule has 2 aromatic rings. The van der Waals surface area contributed by atoms with E-state index in [0.717, 1.165) is 27.9 Å². The lowest BCUT2D eigenvalue weighted by Gasteiger charge is -2.12. The molecule has 0 aliphatic carbocycles. The lowest BCUT2D eigenvalue weighted by molar-refractivity contribution is -0.127. The van der Waals surface area contributed by atoms with Gasteiger partial charge in [-0.15, -0.1) is 0 Å². The first-order chi connectivity index (χ1) is 11.5. The molecular formula is C17H15N3O3S. The molecular weight excluding hydrogens is 326 g/mol. The minimum Gasteiger partial charge on any atom is -0.362 e. The zero-order chi connectivity index (χ0) is 17.1. The fourth-order valence-electron chi connectivity index (χ4n) is 2.28. The van der Waals surface area contributed by atoms with Crippen LogP contribution in [0.3, 0.4) is 0 Å². The van der Waals surface area contributed by atoms with Gasteiger partial charge in [0.2, 0.25) is 5.91 Å². The number of imide groups is 1. The molecule has 3 amide bonds. The zero-order valence-corrected chi connectivity index (χ0v) is 13.7. The molecule has 0 atom stereocenters. The number of nitrogens with one attached hydrogen (secondary N) is 2. The highest BCUT2D eigenvalue weighted by molar-refractivity contribution is 8.18. The molecule has 1 aliphatic rings. The van der Waals surface area contributed by atoms with Gasteiger partial charge in [-0.1, -0.05) is 12.1 Å². The third-order valence-electron chi connectivity index (χ3n) is 3.39. The Morgan fingerprint density at radius 3 is 2.83 bits per heavy atom. The van der Waals surface area contributed by atoms with Crippen molar-refractivity contribution in [3.05, 3.63) is 58.8 Å². The van der Waals surface area contributed by atoms with Gasteiger partial charge in [-0.2, -0.15) is 0 Å². The van der Waals surface area contributed by atoms with Gasteiger partial charge in [-0.3, -0.25) is 19.3 Å². The summed E-state index contributed by atoms with van der Waals surface area (Å²) in [6.07, 6.45) is 3.33. The Kier molecular flexibility index (Phi) is 4.52. The van der Waals surface area contributed by atoms with E-state index in [1.807, 2.05) is 25.1 Å². The van der Waals surface area contributed by atoms with E-state index in [0.29, 0.717) is 10.6 Å². The molecule has 2 heterocycles. The third kappa shape index (κ3) is 3.57. The van der Waals surface area contributed by atoms with Crippen LogP contribution in [0.25, 0.3) is 6.08 Å². The van der Waals surface area contributed by atoms with E-state index < -0.39 is 17.1 Å². The quantitative estimate of drug-likeness (QED) is 0.838. The molecule has 0 saturated carbocycles. The molecule has 2 N–H and O–H groups in total. The number of carbonyl (C=O) groups excluding carboxylic acids is 3. The summed E-state index contributed by atoms with van der Waals surface area (Å²) in [5, 5.41) is 2.24. The third-order valence-corrected chi connectivity index (χ3v) is 4.29. The summed E-state index contributed by atoms with van der Waals surface area (Å²) < 4.78 is 0. The van der Waals surface area contributed by atoms with Crippen molar-refractivity contribution in [3.63, 3.8) is 0 Å². The van der Waals surface area contributed by atoms with Gasteiger partial charge < -0.3 is 10.3 Å². The van der Waals surface area contributed by atoms with E-state index in [9.17, 15) is 14.4 Å². The molecule has 6 nitrogen and oxygen atoms in total. The second-order valence-corrected chi connectivity index (χ2v) is 6.30. The van der Waals surface area contributed by atoms with E-state index in [2.05, 4.69) is 10.3 Å². The van der Waals surface area contributed by atoms with Gasteiger partial charge in [0, 0.05) is 17.6 Å². The fourth-order valence-corrected chi connectivity index (χ4v) is 3.11. The molecule has 0 radical (unpaired) electrons. The first-order valence-electron chi connectivity index (χ1n) is 7.28. The molecule has 1 aromatic heterocycles. The van der Waals surface area contributed by atoms with Gasteiger partial charge in [-0.25, -0.2) is 0 Å². The molecule has 1 aromatic carbocycles. The van der Waals surface area contributed by atoms with Gasteiger partial charge in [0.1, 0.15) is 6.54 Å². The largest absolute Gasteiger partial charge is 0.362 e. The van der Waals surface area contributed by atoms with Gasteiger partial charge in [0.05, 0.1) is 4.91 Å². The standard InChI is InChI=1S/C17H15N3O3S/c1-11-4-2-5-13(8-11)19-15(21)10-20-16(22)14(24-17(20)23)9-12-6-3-7-18-12/h2-9,18H,10H2,1H3,(H,19,21)/b14-9+. The maximum Gasteiger partial charge on any atom is 0.294 e. The smallest absolute Gasteiger partial charge is 0.294 e. The zero-order valence-electron chi connectivity index (χ0n) is 12.9. The molecule has 0 unspecified atom stereocenters. The average Bonchev–Trinajstić information content (AvgIpc) is 3.12. The summed E-state index contributed by atoms with van der Waals surface area (Å²) in [5.41, 5.74) is 2.37. The molecule has 122 valence electrons. The lowest BCUT2D eigenvalue weighted by Crippen LogP contribution is -2.36. The summed E-state index contributed by atoms with van der Waals surface area (Å²) >= 11 is 0.829. The molecule has 1 saturated heterocycles. The maximum absolute atomic E-state index is 12.3. The van der Waals surface area contributed by atoms with Crippen LogP contribution in [0, 0.1) is 6.92 Å². The first kappa shape index (κ1) is 16.1. The van der Waals surface area contributed by atoms with Crippen molar-refractivity contribution in [1.29, 1.82) is 0 Å². The highest BCUT2D eigenvalue weighted by Gasteiger charge is 2.36. The summed E-state index contributed by atoms with van der Waals surface area (Å²) in [7, 11) is 0. The number of H-pyrrole nitrogens is 1. The van der Waals surface area contributed by atoms with Gasteiger partial charge in [0.25, 0.3) is 11.1 Å². The number of benzene rings is 1. The van der Waals surface area contributed by atoms with Crippen LogP contribution in [0.5, 0.6) is 0 Å².